The van der Waals surface area contributed by atoms with Crippen molar-refractivity contribution in [1.29, 1.82) is 0 Å². The standard InChI is InChI=1S/C30H28FN5O3/c1-18(37)25-16-36(22-10-11-22)29-24(28(25)38)12-26(31)30(33-29)35-15-21(27(17-35)34-39-2)14-32-13-20-8-5-7-19-6-3-4-9-23(19)20/h3-9,12-13,16,21-22H,10-11,14-15,17H2,1-2H3/b32-13?,34-27-. The van der Waals surface area contributed by atoms with Crippen molar-refractivity contribution in [3.05, 3.63) is 81.9 Å². The van der Waals surface area contributed by atoms with Crippen LogP contribution in [0.5, 0.6) is 0 Å². The summed E-state index contributed by atoms with van der Waals surface area (Å²) in [7, 11) is 1.49. The summed E-state index contributed by atoms with van der Waals surface area (Å²) in [6, 6.07) is 15.6. The van der Waals surface area contributed by atoms with Gasteiger partial charge in [-0.3, -0.25) is 14.6 Å². The third kappa shape index (κ3) is 4.69. The van der Waals surface area contributed by atoms with Gasteiger partial charge in [0.2, 0.25) is 5.43 Å². The number of carbonyl (C=O) groups is 1. The van der Waals surface area contributed by atoms with Gasteiger partial charge >= 0.3 is 0 Å². The molecule has 0 spiro atoms. The van der Waals surface area contributed by atoms with Gasteiger partial charge in [0.1, 0.15) is 12.8 Å². The normalized spacial score (nSPS) is 18.6. The number of pyridine rings is 2. The van der Waals surface area contributed by atoms with Crippen LogP contribution in [0.15, 0.2) is 69.7 Å². The van der Waals surface area contributed by atoms with E-state index in [0.29, 0.717) is 25.3 Å². The Hall–Kier alpha value is -4.40. The van der Waals surface area contributed by atoms with Crippen molar-refractivity contribution >= 4 is 45.3 Å². The van der Waals surface area contributed by atoms with Crippen LogP contribution >= 0.6 is 0 Å². The van der Waals surface area contributed by atoms with Gasteiger partial charge in [-0.1, -0.05) is 47.6 Å². The number of hydrogen-bond donors (Lipinski definition) is 0. The van der Waals surface area contributed by atoms with Crippen molar-refractivity contribution in [1.82, 2.24) is 9.55 Å². The summed E-state index contributed by atoms with van der Waals surface area (Å²) >= 11 is 0. The van der Waals surface area contributed by atoms with Gasteiger partial charge in [-0.05, 0) is 36.6 Å². The molecule has 8 nitrogen and oxygen atoms in total. The number of hydrogen-bond acceptors (Lipinski definition) is 7. The maximum absolute atomic E-state index is 15.5. The Bertz CT molecular complexity index is 1720. The molecule has 2 aromatic carbocycles. The first-order valence-electron chi connectivity index (χ1n) is 13.0. The van der Waals surface area contributed by atoms with E-state index in [-0.39, 0.29) is 34.5 Å². The number of Topliss-reactive ketones (excluding diaryl/α,β-unsaturated/α-hetero) is 1. The van der Waals surface area contributed by atoms with E-state index in [1.54, 1.807) is 6.20 Å². The molecule has 0 amide bonds. The first kappa shape index (κ1) is 24.9. The summed E-state index contributed by atoms with van der Waals surface area (Å²) < 4.78 is 17.3. The lowest BCUT2D eigenvalue weighted by molar-refractivity contribution is 0.101. The van der Waals surface area contributed by atoms with E-state index in [1.165, 1.54) is 20.1 Å². The molecule has 0 radical (unpaired) electrons. The van der Waals surface area contributed by atoms with Crippen LogP contribution in [0.3, 0.4) is 0 Å². The maximum atomic E-state index is 15.5. The second-order valence-corrected chi connectivity index (χ2v) is 10.1. The molecule has 2 fully saturated rings. The largest absolute Gasteiger partial charge is 0.399 e. The van der Waals surface area contributed by atoms with Crippen LogP contribution in [0.1, 0.15) is 41.7 Å². The number of oxime groups is 1. The molecule has 1 aliphatic carbocycles. The van der Waals surface area contributed by atoms with Gasteiger partial charge in [0.15, 0.2) is 17.4 Å². The highest BCUT2D eigenvalue weighted by Gasteiger charge is 2.33. The fourth-order valence-corrected chi connectivity index (χ4v) is 5.29. The summed E-state index contributed by atoms with van der Waals surface area (Å²) in [5, 5.41) is 6.60. The molecule has 39 heavy (non-hydrogen) atoms. The van der Waals surface area contributed by atoms with Gasteiger partial charge in [-0.15, -0.1) is 0 Å². The van der Waals surface area contributed by atoms with Crippen molar-refractivity contribution in [3.8, 4) is 0 Å². The van der Waals surface area contributed by atoms with Gasteiger partial charge in [0.25, 0.3) is 0 Å². The lowest BCUT2D eigenvalue weighted by Crippen LogP contribution is -2.25. The van der Waals surface area contributed by atoms with Crippen LogP contribution in [0, 0.1) is 11.7 Å². The summed E-state index contributed by atoms with van der Waals surface area (Å²) in [5.74, 6) is -0.901. The number of aliphatic imine (C=N–C) groups is 1. The highest BCUT2D eigenvalue weighted by atomic mass is 19.1. The van der Waals surface area contributed by atoms with E-state index >= 15 is 4.39 Å². The molecule has 4 aromatic rings. The van der Waals surface area contributed by atoms with Gasteiger partial charge in [0, 0.05) is 43.0 Å². The minimum atomic E-state index is -0.612. The summed E-state index contributed by atoms with van der Waals surface area (Å²) in [6.07, 6.45) is 5.29. The fraction of sp³-hybridized carbons (Fsp3) is 0.300. The van der Waals surface area contributed by atoms with E-state index in [9.17, 15) is 9.59 Å². The number of carbonyl (C=O) groups excluding carboxylic acids is 1. The number of anilines is 1. The molecule has 0 N–H and O–H groups in total. The number of rotatable bonds is 7. The third-order valence-electron chi connectivity index (χ3n) is 7.41. The minimum Gasteiger partial charge on any atom is -0.399 e. The fourth-order valence-electron chi connectivity index (χ4n) is 5.29. The van der Waals surface area contributed by atoms with E-state index in [1.807, 2.05) is 39.9 Å². The quantitative estimate of drug-likeness (QED) is 0.197. The molecule has 1 atom stereocenters. The molecule has 1 saturated carbocycles. The second-order valence-electron chi connectivity index (χ2n) is 10.1. The minimum absolute atomic E-state index is 0.0585. The number of benzene rings is 2. The van der Waals surface area contributed by atoms with Gasteiger partial charge in [-0.2, -0.15) is 0 Å². The zero-order chi connectivity index (χ0) is 27.1. The van der Waals surface area contributed by atoms with Gasteiger partial charge in [-0.25, -0.2) is 9.37 Å². The number of fused-ring (bicyclic) bond motifs is 2. The van der Waals surface area contributed by atoms with Crippen LogP contribution in [0.25, 0.3) is 21.8 Å². The second kappa shape index (κ2) is 10.1. The average Bonchev–Trinajstić information content (AvgIpc) is 3.70. The Morgan fingerprint density at radius 1 is 1.18 bits per heavy atom. The van der Waals surface area contributed by atoms with E-state index in [0.717, 1.165) is 34.9 Å². The molecule has 9 heteroatoms. The Kier molecular flexibility index (Phi) is 6.42. The van der Waals surface area contributed by atoms with Gasteiger partial charge < -0.3 is 14.3 Å². The van der Waals surface area contributed by atoms with Crippen molar-refractivity contribution < 1.29 is 14.0 Å². The SMILES string of the molecule is CO/N=C1/CN(c2nc3c(cc2F)c(=O)c(C(C)=O)cn3C2CC2)CC1CN=Cc1cccc2ccccc12. The molecular formula is C30H28FN5O3. The predicted molar refractivity (Wildman–Crippen MR) is 151 cm³/mol. The molecule has 198 valence electrons. The Labute approximate surface area is 224 Å². The van der Waals surface area contributed by atoms with E-state index in [2.05, 4.69) is 28.3 Å². The maximum Gasteiger partial charge on any atom is 0.201 e. The molecule has 1 unspecified atom stereocenters. The molecule has 0 bridgehead atoms. The van der Waals surface area contributed by atoms with Crippen LogP contribution in [-0.4, -0.2) is 54.0 Å². The van der Waals surface area contributed by atoms with Crippen LogP contribution in [0.2, 0.25) is 0 Å². The summed E-state index contributed by atoms with van der Waals surface area (Å²) in [6.45, 7) is 2.58. The third-order valence-corrected chi connectivity index (χ3v) is 7.41. The molecule has 1 aliphatic heterocycles. The first-order chi connectivity index (χ1) is 18.9. The van der Waals surface area contributed by atoms with Crippen LogP contribution in [0.4, 0.5) is 10.2 Å². The number of nitrogens with zero attached hydrogens (tertiary/aromatic N) is 5. The zero-order valence-electron chi connectivity index (χ0n) is 21.8. The molecule has 2 aromatic heterocycles. The van der Waals surface area contributed by atoms with Crippen LogP contribution in [-0.2, 0) is 4.84 Å². The molecule has 2 aliphatic rings. The molecular weight excluding hydrogens is 497 g/mol. The first-order valence-corrected chi connectivity index (χ1v) is 13.0. The monoisotopic (exact) mass is 525 g/mol. The van der Waals surface area contributed by atoms with Crippen molar-refractivity contribution in [2.45, 2.75) is 25.8 Å². The molecule has 3 heterocycles. The Balaban J connectivity index is 1.31. The van der Waals surface area contributed by atoms with Gasteiger partial charge in [0.05, 0.1) is 23.2 Å². The topological polar surface area (TPSA) is 89.1 Å². The zero-order valence-corrected chi connectivity index (χ0v) is 21.8. The lowest BCUT2D eigenvalue weighted by atomic mass is 10.1. The molecule has 1 saturated heterocycles. The average molecular weight is 526 g/mol. The van der Waals surface area contributed by atoms with Crippen molar-refractivity contribution in [3.63, 3.8) is 0 Å². The summed E-state index contributed by atoms with van der Waals surface area (Å²) in [4.78, 5) is 41.3. The van der Waals surface area contributed by atoms with Crippen molar-refractivity contribution in [2.75, 3.05) is 31.6 Å². The highest BCUT2D eigenvalue weighted by Crippen LogP contribution is 2.37. The highest BCUT2D eigenvalue weighted by molar-refractivity contribution is 6.00. The predicted octanol–water partition coefficient (Wildman–Crippen LogP) is 4.78. The Morgan fingerprint density at radius 2 is 1.97 bits per heavy atom. The van der Waals surface area contributed by atoms with E-state index < -0.39 is 11.2 Å². The number of halogens is 1. The molecule has 6 rings (SSSR count). The lowest BCUT2D eigenvalue weighted by Gasteiger charge is -2.19. The number of ketones is 1. The van der Waals surface area contributed by atoms with Crippen LogP contribution < -0.4 is 10.3 Å². The van der Waals surface area contributed by atoms with E-state index in [4.69, 9.17) is 9.83 Å². The Morgan fingerprint density at radius 3 is 2.74 bits per heavy atom. The van der Waals surface area contributed by atoms with Crippen molar-refractivity contribution in [2.24, 2.45) is 16.1 Å². The number of aromatic nitrogens is 2. The summed E-state index contributed by atoms with van der Waals surface area (Å²) in [5.41, 5.74) is 1.74. The smallest absolute Gasteiger partial charge is 0.201 e.